The van der Waals surface area contributed by atoms with Gasteiger partial charge in [-0.05, 0) is 31.2 Å². The molecule has 3 rings (SSSR count). The van der Waals surface area contributed by atoms with Crippen LogP contribution >= 0.6 is 0 Å². The first-order chi connectivity index (χ1) is 13.2. The van der Waals surface area contributed by atoms with Crippen LogP contribution in [0.2, 0.25) is 0 Å². The zero-order valence-electron chi connectivity index (χ0n) is 14.3. The summed E-state index contributed by atoms with van der Waals surface area (Å²) in [6.07, 6.45) is 1.29. The molecule has 1 aromatic heterocycles. The number of aromatic nitrogens is 1. The molecule has 0 unspecified atom stereocenters. The minimum atomic E-state index is -4.06. The van der Waals surface area contributed by atoms with E-state index in [1.807, 2.05) is 0 Å². The second-order valence-corrected chi connectivity index (χ2v) is 7.43. The molecule has 2 N–H and O–H groups in total. The number of nitrogens with one attached hydrogen (secondary N) is 2. The Kier molecular flexibility index (Phi) is 4.90. The highest BCUT2D eigenvalue weighted by Crippen LogP contribution is 2.37. The van der Waals surface area contributed by atoms with E-state index < -0.39 is 31.2 Å². The molecule has 0 fully saturated rings. The van der Waals surface area contributed by atoms with Crippen LogP contribution in [0.15, 0.2) is 53.6 Å². The third-order valence-electron chi connectivity index (χ3n) is 3.89. The molecule has 0 amide bonds. The van der Waals surface area contributed by atoms with Crippen LogP contribution in [0.1, 0.15) is 5.56 Å². The monoisotopic (exact) mass is 403 g/mol. The summed E-state index contributed by atoms with van der Waals surface area (Å²) in [7, 11) is -4.06. The van der Waals surface area contributed by atoms with E-state index in [0.29, 0.717) is 0 Å². The smallest absolute Gasteiger partial charge is 0.300 e. The maximum absolute atomic E-state index is 12.4. The van der Waals surface area contributed by atoms with E-state index in [-0.39, 0.29) is 21.5 Å². The maximum Gasteiger partial charge on any atom is 0.302 e. The van der Waals surface area contributed by atoms with Crippen LogP contribution in [0.4, 0.5) is 17.1 Å². The first kappa shape index (κ1) is 19.1. The van der Waals surface area contributed by atoms with Crippen molar-refractivity contribution in [1.29, 1.82) is 0 Å². The van der Waals surface area contributed by atoms with Crippen LogP contribution in [0.5, 0.6) is 0 Å². The van der Waals surface area contributed by atoms with E-state index in [1.165, 1.54) is 30.5 Å². The molecule has 0 atom stereocenters. The first-order valence-electron chi connectivity index (χ1n) is 7.75. The summed E-state index contributed by atoms with van der Waals surface area (Å²) >= 11 is 0. The van der Waals surface area contributed by atoms with Crippen molar-refractivity contribution >= 4 is 38.0 Å². The molecule has 1 heterocycles. The number of rotatable bonds is 6. The van der Waals surface area contributed by atoms with Gasteiger partial charge in [-0.15, -0.1) is 4.83 Å². The molecule has 0 aliphatic carbocycles. The lowest BCUT2D eigenvalue weighted by Gasteiger charge is -2.12. The van der Waals surface area contributed by atoms with Crippen molar-refractivity contribution in [1.82, 2.24) is 9.82 Å². The molecule has 2 aromatic carbocycles. The van der Waals surface area contributed by atoms with Gasteiger partial charge in [-0.1, -0.05) is 17.7 Å². The second kappa shape index (κ2) is 7.17. The highest BCUT2D eigenvalue weighted by atomic mass is 32.2. The number of nitrogens with zero attached hydrogens (tertiary/aromatic N) is 3. The number of pyridine rings is 1. The van der Waals surface area contributed by atoms with Gasteiger partial charge in [0.1, 0.15) is 5.52 Å². The molecule has 0 saturated carbocycles. The molecular weight excluding hydrogens is 390 g/mol. The summed E-state index contributed by atoms with van der Waals surface area (Å²) in [6, 6.07) is 9.50. The Balaban J connectivity index is 2.09. The maximum atomic E-state index is 12.4. The lowest BCUT2D eigenvalue weighted by atomic mass is 10.1. The van der Waals surface area contributed by atoms with E-state index >= 15 is 0 Å². The number of hydrogen-bond acceptors (Lipinski definition) is 8. The summed E-state index contributed by atoms with van der Waals surface area (Å²) in [5.41, 5.74) is 1.53. The van der Waals surface area contributed by atoms with E-state index in [4.69, 9.17) is 0 Å². The van der Waals surface area contributed by atoms with Gasteiger partial charge in [-0.3, -0.25) is 30.6 Å². The van der Waals surface area contributed by atoms with Crippen LogP contribution in [0, 0.1) is 27.2 Å². The summed E-state index contributed by atoms with van der Waals surface area (Å²) in [6.45, 7) is 1.79. The van der Waals surface area contributed by atoms with E-state index in [1.54, 1.807) is 19.1 Å². The highest BCUT2D eigenvalue weighted by molar-refractivity contribution is 7.89. The molecule has 3 aromatic rings. The number of benzene rings is 2. The lowest BCUT2D eigenvalue weighted by molar-refractivity contribution is -0.392. The Morgan fingerprint density at radius 2 is 1.64 bits per heavy atom. The average molecular weight is 403 g/mol. The fourth-order valence-corrected chi connectivity index (χ4v) is 3.37. The number of anilines is 1. The van der Waals surface area contributed by atoms with Crippen molar-refractivity contribution < 1.29 is 18.3 Å². The number of sulfonamides is 1. The minimum absolute atomic E-state index is 0.0233. The van der Waals surface area contributed by atoms with Crippen molar-refractivity contribution in [3.8, 4) is 0 Å². The SMILES string of the molecule is Cc1ccc(S(=O)(=O)NNc2c([N+](=O)[O-])cc([N+](=O)[O-])c3cccnc23)cc1. The summed E-state index contributed by atoms with van der Waals surface area (Å²) in [4.78, 5) is 27.0. The number of aryl methyl sites for hydroxylation is 1. The summed E-state index contributed by atoms with van der Waals surface area (Å²) < 4.78 is 24.9. The largest absolute Gasteiger partial charge is 0.302 e. The van der Waals surface area contributed by atoms with Crippen LogP contribution in [0.25, 0.3) is 10.9 Å². The molecule has 0 aliphatic rings. The van der Waals surface area contributed by atoms with Crippen molar-refractivity contribution in [3.05, 3.63) is 74.5 Å². The molecule has 0 bridgehead atoms. The number of hydrogen-bond donors (Lipinski definition) is 2. The molecule has 0 radical (unpaired) electrons. The number of hydrazine groups is 1. The molecule has 28 heavy (non-hydrogen) atoms. The first-order valence-corrected chi connectivity index (χ1v) is 9.24. The molecule has 0 saturated heterocycles. The number of fused-ring (bicyclic) bond motifs is 1. The van der Waals surface area contributed by atoms with Crippen LogP contribution in [-0.2, 0) is 10.0 Å². The Hall–Kier alpha value is -3.64. The fraction of sp³-hybridized carbons (Fsp3) is 0.0625. The highest BCUT2D eigenvalue weighted by Gasteiger charge is 2.27. The normalized spacial score (nSPS) is 11.3. The van der Waals surface area contributed by atoms with Gasteiger partial charge in [0.2, 0.25) is 0 Å². The van der Waals surface area contributed by atoms with E-state index in [0.717, 1.165) is 11.6 Å². The Labute approximate surface area is 158 Å². The van der Waals surface area contributed by atoms with Crippen molar-refractivity contribution in [2.75, 3.05) is 5.43 Å². The standard InChI is InChI=1S/C16H13N5O6S/c1-10-4-6-11(7-5-10)28(26,27)19-18-16-14(21(24)25)9-13(20(22)23)12-3-2-8-17-15(12)16/h2-9,18-19H,1H3. The number of nitro groups is 2. The zero-order chi connectivity index (χ0) is 20.5. The molecule has 0 spiro atoms. The molecule has 12 heteroatoms. The Morgan fingerprint density at radius 1 is 1.00 bits per heavy atom. The second-order valence-electron chi connectivity index (χ2n) is 5.75. The lowest BCUT2D eigenvalue weighted by Crippen LogP contribution is -2.30. The summed E-state index contributed by atoms with van der Waals surface area (Å²) in [5, 5.41) is 22.7. The Bertz CT molecular complexity index is 1190. The average Bonchev–Trinajstić information content (AvgIpc) is 2.65. The minimum Gasteiger partial charge on any atom is -0.300 e. The quantitative estimate of drug-likeness (QED) is 0.469. The third kappa shape index (κ3) is 3.58. The van der Waals surface area contributed by atoms with Crippen molar-refractivity contribution in [3.63, 3.8) is 0 Å². The van der Waals surface area contributed by atoms with Crippen LogP contribution in [0.3, 0.4) is 0 Å². The van der Waals surface area contributed by atoms with Gasteiger partial charge in [0.05, 0.1) is 26.2 Å². The summed E-state index contributed by atoms with van der Waals surface area (Å²) in [5.74, 6) is 0. The molecule has 0 aliphatic heterocycles. The zero-order valence-corrected chi connectivity index (χ0v) is 15.1. The van der Waals surface area contributed by atoms with Gasteiger partial charge in [-0.2, -0.15) is 0 Å². The predicted molar refractivity (Wildman–Crippen MR) is 100 cm³/mol. The van der Waals surface area contributed by atoms with Gasteiger partial charge in [-0.25, -0.2) is 8.42 Å². The van der Waals surface area contributed by atoms with Crippen molar-refractivity contribution in [2.24, 2.45) is 0 Å². The number of non-ortho nitro benzene ring substituents is 1. The molecule has 11 nitrogen and oxygen atoms in total. The van der Waals surface area contributed by atoms with E-state index in [2.05, 4.69) is 15.2 Å². The number of nitro benzene ring substituents is 2. The predicted octanol–water partition coefficient (Wildman–Crippen LogP) is 2.67. The van der Waals surface area contributed by atoms with Crippen LogP contribution in [-0.4, -0.2) is 23.2 Å². The third-order valence-corrected chi connectivity index (χ3v) is 5.15. The van der Waals surface area contributed by atoms with E-state index in [9.17, 15) is 28.6 Å². The van der Waals surface area contributed by atoms with Gasteiger partial charge < -0.3 is 0 Å². The van der Waals surface area contributed by atoms with Gasteiger partial charge in [0, 0.05) is 6.20 Å². The topological polar surface area (TPSA) is 157 Å². The van der Waals surface area contributed by atoms with Gasteiger partial charge >= 0.3 is 5.69 Å². The van der Waals surface area contributed by atoms with Gasteiger partial charge in [0.25, 0.3) is 15.7 Å². The Morgan fingerprint density at radius 3 is 2.25 bits per heavy atom. The fourth-order valence-electron chi connectivity index (χ4n) is 2.52. The van der Waals surface area contributed by atoms with Gasteiger partial charge in [0.15, 0.2) is 5.69 Å². The molecular formula is C16H13N5O6S. The van der Waals surface area contributed by atoms with Crippen molar-refractivity contribution in [2.45, 2.75) is 11.8 Å². The molecule has 144 valence electrons. The van der Waals surface area contributed by atoms with Crippen LogP contribution < -0.4 is 10.3 Å².